The Kier molecular flexibility index (Phi) is 3.23. The average Bonchev–Trinajstić information content (AvgIpc) is 2.70. The second-order valence-corrected chi connectivity index (χ2v) is 3.92. The first-order valence-electron chi connectivity index (χ1n) is 5.51. The van der Waals surface area contributed by atoms with Crippen molar-refractivity contribution in [2.24, 2.45) is 0 Å². The number of aryl methyl sites for hydroxylation is 1. The fourth-order valence-corrected chi connectivity index (χ4v) is 1.70. The standard InChI is InChI=1S/C13H15N3O/c1-3-6-14-12(17)8-11-9-16-7-4-5-10(2)13(16)15-11/h3-5,7,9H,1,6,8H2,2H3,(H,14,17). The molecule has 17 heavy (non-hydrogen) atoms. The lowest BCUT2D eigenvalue weighted by Gasteiger charge is -1.98. The van der Waals surface area contributed by atoms with Gasteiger partial charge in [0.25, 0.3) is 0 Å². The van der Waals surface area contributed by atoms with Crippen molar-refractivity contribution < 1.29 is 4.79 Å². The first-order valence-corrected chi connectivity index (χ1v) is 5.51. The molecular formula is C13H15N3O. The zero-order valence-corrected chi connectivity index (χ0v) is 9.81. The van der Waals surface area contributed by atoms with E-state index in [1.807, 2.05) is 35.9 Å². The summed E-state index contributed by atoms with van der Waals surface area (Å²) in [5, 5.41) is 2.73. The van der Waals surface area contributed by atoms with Crippen LogP contribution in [0.15, 0.2) is 37.2 Å². The van der Waals surface area contributed by atoms with Crippen LogP contribution in [-0.2, 0) is 11.2 Å². The molecule has 0 aliphatic carbocycles. The minimum atomic E-state index is -0.0361. The Hall–Kier alpha value is -2.10. The average molecular weight is 229 g/mol. The van der Waals surface area contributed by atoms with E-state index < -0.39 is 0 Å². The third-order valence-corrected chi connectivity index (χ3v) is 2.51. The molecule has 4 heteroatoms. The highest BCUT2D eigenvalue weighted by atomic mass is 16.1. The van der Waals surface area contributed by atoms with Gasteiger partial charge in [0.2, 0.25) is 5.91 Å². The Labute approximate surface area is 100.0 Å². The number of hydrogen-bond acceptors (Lipinski definition) is 2. The van der Waals surface area contributed by atoms with E-state index in [1.54, 1.807) is 6.08 Å². The molecule has 1 N–H and O–H groups in total. The highest BCUT2D eigenvalue weighted by Crippen LogP contribution is 2.10. The first kappa shape index (κ1) is 11.4. The number of nitrogens with zero attached hydrogens (tertiary/aromatic N) is 2. The molecule has 0 saturated carbocycles. The topological polar surface area (TPSA) is 46.4 Å². The van der Waals surface area contributed by atoms with Crippen LogP contribution in [0.25, 0.3) is 5.65 Å². The maximum atomic E-state index is 11.5. The number of pyridine rings is 1. The van der Waals surface area contributed by atoms with E-state index in [0.717, 1.165) is 16.9 Å². The van der Waals surface area contributed by atoms with Crippen molar-refractivity contribution in [1.29, 1.82) is 0 Å². The SMILES string of the molecule is C=CCNC(=O)Cc1cn2cccc(C)c2n1. The lowest BCUT2D eigenvalue weighted by atomic mass is 10.3. The third-order valence-electron chi connectivity index (χ3n) is 2.51. The van der Waals surface area contributed by atoms with Gasteiger partial charge in [0.05, 0.1) is 12.1 Å². The predicted molar refractivity (Wildman–Crippen MR) is 66.8 cm³/mol. The Bertz CT molecular complexity index is 557. The minimum Gasteiger partial charge on any atom is -0.352 e. The molecule has 4 nitrogen and oxygen atoms in total. The van der Waals surface area contributed by atoms with Crippen LogP contribution in [0.3, 0.4) is 0 Å². The molecule has 1 amide bonds. The zero-order chi connectivity index (χ0) is 12.3. The monoisotopic (exact) mass is 229 g/mol. The Morgan fingerprint density at radius 3 is 3.18 bits per heavy atom. The summed E-state index contributed by atoms with van der Waals surface area (Å²) in [5.41, 5.74) is 2.78. The van der Waals surface area contributed by atoms with E-state index in [9.17, 15) is 4.79 Å². The molecule has 0 unspecified atom stereocenters. The summed E-state index contributed by atoms with van der Waals surface area (Å²) >= 11 is 0. The number of amides is 1. The van der Waals surface area contributed by atoms with Crippen molar-refractivity contribution in [2.45, 2.75) is 13.3 Å². The summed E-state index contributed by atoms with van der Waals surface area (Å²) in [6.45, 7) is 6.05. The van der Waals surface area contributed by atoms with Gasteiger partial charge in [0.1, 0.15) is 5.65 Å². The predicted octanol–water partition coefficient (Wildman–Crippen LogP) is 1.49. The number of fused-ring (bicyclic) bond motifs is 1. The fourth-order valence-electron chi connectivity index (χ4n) is 1.70. The molecule has 2 heterocycles. The molecule has 0 fully saturated rings. The summed E-state index contributed by atoms with van der Waals surface area (Å²) in [5.74, 6) is -0.0361. The molecule has 0 aromatic carbocycles. The van der Waals surface area contributed by atoms with Crippen molar-refractivity contribution >= 4 is 11.6 Å². The zero-order valence-electron chi connectivity index (χ0n) is 9.81. The molecule has 2 aromatic rings. The Balaban J connectivity index is 2.17. The van der Waals surface area contributed by atoms with Gasteiger partial charge in [0.15, 0.2) is 0 Å². The van der Waals surface area contributed by atoms with Gasteiger partial charge in [0, 0.05) is 18.9 Å². The molecule has 2 rings (SSSR count). The molecule has 88 valence electrons. The van der Waals surface area contributed by atoms with Crippen molar-refractivity contribution in [2.75, 3.05) is 6.54 Å². The van der Waals surface area contributed by atoms with Gasteiger partial charge in [-0.05, 0) is 18.6 Å². The number of imidazole rings is 1. The van der Waals surface area contributed by atoms with Crippen LogP contribution in [0.5, 0.6) is 0 Å². The van der Waals surface area contributed by atoms with Crippen molar-refractivity contribution in [3.05, 3.63) is 48.4 Å². The van der Waals surface area contributed by atoms with Gasteiger partial charge in [-0.25, -0.2) is 4.98 Å². The summed E-state index contributed by atoms with van der Waals surface area (Å²) in [6, 6.07) is 3.97. The smallest absolute Gasteiger partial charge is 0.226 e. The van der Waals surface area contributed by atoms with Crippen molar-refractivity contribution in [3.63, 3.8) is 0 Å². The van der Waals surface area contributed by atoms with Gasteiger partial charge < -0.3 is 9.72 Å². The van der Waals surface area contributed by atoms with Gasteiger partial charge in [-0.2, -0.15) is 0 Å². The van der Waals surface area contributed by atoms with E-state index in [4.69, 9.17) is 0 Å². The maximum absolute atomic E-state index is 11.5. The highest BCUT2D eigenvalue weighted by molar-refractivity contribution is 5.78. The van der Waals surface area contributed by atoms with Crippen LogP contribution in [0.2, 0.25) is 0 Å². The number of nitrogens with one attached hydrogen (secondary N) is 1. The summed E-state index contributed by atoms with van der Waals surface area (Å²) < 4.78 is 1.94. The molecule has 0 saturated heterocycles. The van der Waals surface area contributed by atoms with Crippen molar-refractivity contribution in [1.82, 2.24) is 14.7 Å². The van der Waals surface area contributed by atoms with E-state index in [0.29, 0.717) is 13.0 Å². The fraction of sp³-hybridized carbons (Fsp3) is 0.231. The lowest BCUT2D eigenvalue weighted by molar-refractivity contribution is -0.120. The molecule has 0 aliphatic rings. The summed E-state index contributed by atoms with van der Waals surface area (Å²) in [6.07, 6.45) is 5.77. The molecule has 0 spiro atoms. The molecule has 0 atom stereocenters. The largest absolute Gasteiger partial charge is 0.352 e. The van der Waals surface area contributed by atoms with Gasteiger partial charge in [-0.3, -0.25) is 4.79 Å². The molecule has 0 bridgehead atoms. The molecule has 0 aliphatic heterocycles. The van der Waals surface area contributed by atoms with E-state index in [-0.39, 0.29) is 5.91 Å². The number of aromatic nitrogens is 2. The second kappa shape index (κ2) is 4.82. The summed E-state index contributed by atoms with van der Waals surface area (Å²) in [7, 11) is 0. The van der Waals surface area contributed by atoms with Gasteiger partial charge in [-0.1, -0.05) is 12.1 Å². The number of hydrogen-bond donors (Lipinski definition) is 1. The van der Waals surface area contributed by atoms with Crippen molar-refractivity contribution in [3.8, 4) is 0 Å². The quantitative estimate of drug-likeness (QED) is 0.807. The van der Waals surface area contributed by atoms with Crippen LogP contribution in [0.4, 0.5) is 0 Å². The van der Waals surface area contributed by atoms with E-state index in [1.165, 1.54) is 0 Å². The van der Waals surface area contributed by atoms with Crippen LogP contribution in [-0.4, -0.2) is 21.8 Å². The van der Waals surface area contributed by atoms with Crippen LogP contribution in [0, 0.1) is 6.92 Å². The van der Waals surface area contributed by atoms with E-state index >= 15 is 0 Å². The number of carbonyl (C=O) groups is 1. The minimum absolute atomic E-state index is 0.0361. The second-order valence-electron chi connectivity index (χ2n) is 3.92. The normalized spacial score (nSPS) is 10.4. The maximum Gasteiger partial charge on any atom is 0.226 e. The van der Waals surface area contributed by atoms with Crippen LogP contribution < -0.4 is 5.32 Å². The van der Waals surface area contributed by atoms with Gasteiger partial charge >= 0.3 is 0 Å². The lowest BCUT2D eigenvalue weighted by Crippen LogP contribution is -2.25. The number of carbonyl (C=O) groups excluding carboxylic acids is 1. The molecule has 0 radical (unpaired) electrons. The molecule has 2 aromatic heterocycles. The number of rotatable bonds is 4. The Morgan fingerprint density at radius 1 is 1.65 bits per heavy atom. The summed E-state index contributed by atoms with van der Waals surface area (Å²) in [4.78, 5) is 16.0. The first-order chi connectivity index (χ1) is 8.20. The molecular weight excluding hydrogens is 214 g/mol. The highest BCUT2D eigenvalue weighted by Gasteiger charge is 2.07. The van der Waals surface area contributed by atoms with Crippen LogP contribution >= 0.6 is 0 Å². The van der Waals surface area contributed by atoms with E-state index in [2.05, 4.69) is 16.9 Å². The Morgan fingerprint density at radius 2 is 2.47 bits per heavy atom. The third kappa shape index (κ3) is 2.53. The van der Waals surface area contributed by atoms with Gasteiger partial charge in [-0.15, -0.1) is 6.58 Å². The van der Waals surface area contributed by atoms with Crippen LogP contribution in [0.1, 0.15) is 11.3 Å².